The Morgan fingerprint density at radius 2 is 2.11 bits per heavy atom. The minimum Gasteiger partial charge on any atom is -0.481 e. The minimum absolute atomic E-state index is 0.254. The van der Waals surface area contributed by atoms with Crippen LogP contribution < -0.4 is 0 Å². The molecule has 0 radical (unpaired) electrons. The zero-order valence-electron chi connectivity index (χ0n) is 10.9. The van der Waals surface area contributed by atoms with Gasteiger partial charge in [-0.1, -0.05) is 29.8 Å². The standard InChI is InChI=1S/C15H21NO2/c1-12-4-6-13(7-5-12)11-14-3-2-9-16(14)10-8-15(17)18/h4-7,14H,2-3,8-11H2,1H3,(H,17,18)/t14-/m0/s1. The van der Waals surface area contributed by atoms with Crippen LogP contribution >= 0.6 is 0 Å². The number of nitrogens with zero attached hydrogens (tertiary/aromatic N) is 1. The van der Waals surface area contributed by atoms with Crippen LogP contribution in [-0.2, 0) is 11.2 Å². The molecule has 1 saturated heterocycles. The predicted octanol–water partition coefficient (Wildman–Crippen LogP) is 2.48. The van der Waals surface area contributed by atoms with Crippen molar-refractivity contribution in [3.05, 3.63) is 35.4 Å². The molecule has 1 aromatic rings. The monoisotopic (exact) mass is 247 g/mol. The third-order valence-corrected chi connectivity index (χ3v) is 3.70. The SMILES string of the molecule is Cc1ccc(C[C@@H]2CCCN2CCC(=O)O)cc1. The van der Waals surface area contributed by atoms with Crippen molar-refractivity contribution < 1.29 is 9.90 Å². The molecule has 1 atom stereocenters. The van der Waals surface area contributed by atoms with Crippen LogP contribution in [-0.4, -0.2) is 35.1 Å². The first-order valence-electron chi connectivity index (χ1n) is 6.66. The van der Waals surface area contributed by atoms with Crippen LogP contribution in [0.15, 0.2) is 24.3 Å². The molecule has 98 valence electrons. The topological polar surface area (TPSA) is 40.5 Å². The Bertz CT molecular complexity index is 399. The van der Waals surface area contributed by atoms with E-state index in [4.69, 9.17) is 5.11 Å². The van der Waals surface area contributed by atoms with Crippen molar-refractivity contribution in [1.82, 2.24) is 4.90 Å². The van der Waals surface area contributed by atoms with Crippen molar-refractivity contribution in [2.24, 2.45) is 0 Å². The lowest BCUT2D eigenvalue weighted by molar-refractivity contribution is -0.137. The van der Waals surface area contributed by atoms with Gasteiger partial charge in [0.05, 0.1) is 6.42 Å². The summed E-state index contributed by atoms with van der Waals surface area (Å²) in [6.45, 7) is 3.83. The van der Waals surface area contributed by atoms with Crippen molar-refractivity contribution in [3.8, 4) is 0 Å². The Labute approximate surface area is 108 Å². The van der Waals surface area contributed by atoms with E-state index < -0.39 is 5.97 Å². The molecule has 18 heavy (non-hydrogen) atoms. The number of carboxylic acids is 1. The summed E-state index contributed by atoms with van der Waals surface area (Å²) in [6.07, 6.45) is 3.67. The summed E-state index contributed by atoms with van der Waals surface area (Å²) in [5.74, 6) is -0.698. The molecular weight excluding hydrogens is 226 g/mol. The summed E-state index contributed by atoms with van der Waals surface area (Å²) in [5.41, 5.74) is 2.64. The van der Waals surface area contributed by atoms with Crippen LogP contribution in [0, 0.1) is 6.92 Å². The second kappa shape index (κ2) is 6.01. The van der Waals surface area contributed by atoms with Gasteiger partial charge in [0.15, 0.2) is 0 Å². The number of hydrogen-bond donors (Lipinski definition) is 1. The molecule has 2 rings (SSSR count). The van der Waals surface area contributed by atoms with Crippen molar-refractivity contribution in [1.29, 1.82) is 0 Å². The number of carbonyl (C=O) groups is 1. The van der Waals surface area contributed by atoms with E-state index in [1.165, 1.54) is 24.0 Å². The maximum Gasteiger partial charge on any atom is 0.304 e. The molecule has 1 aromatic carbocycles. The quantitative estimate of drug-likeness (QED) is 0.869. The maximum atomic E-state index is 10.6. The Hall–Kier alpha value is -1.35. The van der Waals surface area contributed by atoms with E-state index in [1.807, 2.05) is 0 Å². The fraction of sp³-hybridized carbons (Fsp3) is 0.533. The molecule has 0 aromatic heterocycles. The van der Waals surface area contributed by atoms with Crippen molar-refractivity contribution in [2.75, 3.05) is 13.1 Å². The van der Waals surface area contributed by atoms with E-state index >= 15 is 0 Å². The van der Waals surface area contributed by atoms with Crippen LogP contribution in [0.4, 0.5) is 0 Å². The third kappa shape index (κ3) is 3.57. The molecule has 1 N–H and O–H groups in total. The molecule has 1 aliphatic heterocycles. The summed E-state index contributed by atoms with van der Waals surface area (Å²) >= 11 is 0. The molecule has 0 unspecified atom stereocenters. The normalized spacial score (nSPS) is 20.2. The summed E-state index contributed by atoms with van der Waals surface area (Å²) in [6, 6.07) is 9.18. The van der Waals surface area contributed by atoms with Crippen LogP contribution in [0.5, 0.6) is 0 Å². The Morgan fingerprint density at radius 3 is 2.78 bits per heavy atom. The van der Waals surface area contributed by atoms with Gasteiger partial charge in [0, 0.05) is 12.6 Å². The van der Waals surface area contributed by atoms with Crippen LogP contribution in [0.3, 0.4) is 0 Å². The van der Waals surface area contributed by atoms with Gasteiger partial charge in [-0.3, -0.25) is 9.69 Å². The van der Waals surface area contributed by atoms with E-state index in [0.29, 0.717) is 12.6 Å². The van der Waals surface area contributed by atoms with Gasteiger partial charge in [-0.2, -0.15) is 0 Å². The maximum absolute atomic E-state index is 10.6. The van der Waals surface area contributed by atoms with Crippen LogP contribution in [0.2, 0.25) is 0 Å². The van der Waals surface area contributed by atoms with Crippen molar-refractivity contribution in [3.63, 3.8) is 0 Å². The predicted molar refractivity (Wildman–Crippen MR) is 71.7 cm³/mol. The molecule has 3 heteroatoms. The highest BCUT2D eigenvalue weighted by Crippen LogP contribution is 2.21. The lowest BCUT2D eigenvalue weighted by atomic mass is 10.0. The first-order valence-corrected chi connectivity index (χ1v) is 6.66. The van der Waals surface area contributed by atoms with Crippen molar-refractivity contribution >= 4 is 5.97 Å². The molecule has 0 aliphatic carbocycles. The van der Waals surface area contributed by atoms with Gasteiger partial charge in [0.2, 0.25) is 0 Å². The number of carboxylic acid groups (broad SMARTS) is 1. The Morgan fingerprint density at radius 1 is 1.39 bits per heavy atom. The fourth-order valence-corrected chi connectivity index (χ4v) is 2.66. The molecule has 0 amide bonds. The van der Waals surface area contributed by atoms with Gasteiger partial charge in [-0.25, -0.2) is 0 Å². The number of rotatable bonds is 5. The number of hydrogen-bond acceptors (Lipinski definition) is 2. The smallest absolute Gasteiger partial charge is 0.304 e. The first-order chi connectivity index (χ1) is 8.65. The molecule has 0 spiro atoms. The van der Waals surface area contributed by atoms with Crippen LogP contribution in [0.1, 0.15) is 30.4 Å². The van der Waals surface area contributed by atoms with Gasteiger partial charge in [0.25, 0.3) is 0 Å². The Balaban J connectivity index is 1.91. The highest BCUT2D eigenvalue weighted by atomic mass is 16.4. The highest BCUT2D eigenvalue weighted by molar-refractivity contribution is 5.66. The molecule has 1 fully saturated rings. The van der Waals surface area contributed by atoms with Gasteiger partial charge >= 0.3 is 5.97 Å². The molecule has 1 heterocycles. The van der Waals surface area contributed by atoms with Gasteiger partial charge in [0.1, 0.15) is 0 Å². The third-order valence-electron chi connectivity index (χ3n) is 3.70. The summed E-state index contributed by atoms with van der Waals surface area (Å²) in [5, 5.41) is 8.75. The zero-order chi connectivity index (χ0) is 13.0. The molecule has 1 aliphatic rings. The molecule has 3 nitrogen and oxygen atoms in total. The fourth-order valence-electron chi connectivity index (χ4n) is 2.66. The number of aryl methyl sites for hydroxylation is 1. The minimum atomic E-state index is -0.698. The zero-order valence-corrected chi connectivity index (χ0v) is 10.9. The van der Waals surface area contributed by atoms with E-state index in [2.05, 4.69) is 36.1 Å². The van der Waals surface area contributed by atoms with Crippen molar-refractivity contribution in [2.45, 2.75) is 38.6 Å². The molecule has 0 saturated carbocycles. The number of benzene rings is 1. The van der Waals surface area contributed by atoms with E-state index in [9.17, 15) is 4.79 Å². The highest BCUT2D eigenvalue weighted by Gasteiger charge is 2.24. The Kier molecular flexibility index (Phi) is 4.37. The molecule has 0 bridgehead atoms. The molecular formula is C15H21NO2. The second-order valence-electron chi connectivity index (χ2n) is 5.17. The summed E-state index contributed by atoms with van der Waals surface area (Å²) in [7, 11) is 0. The van der Waals surface area contributed by atoms with Gasteiger partial charge < -0.3 is 5.11 Å². The lowest BCUT2D eigenvalue weighted by Gasteiger charge is -2.23. The lowest BCUT2D eigenvalue weighted by Crippen LogP contribution is -2.33. The van der Waals surface area contributed by atoms with E-state index in [0.717, 1.165) is 13.0 Å². The second-order valence-corrected chi connectivity index (χ2v) is 5.17. The van der Waals surface area contributed by atoms with E-state index in [-0.39, 0.29) is 6.42 Å². The van der Waals surface area contributed by atoms with Gasteiger partial charge in [-0.15, -0.1) is 0 Å². The van der Waals surface area contributed by atoms with E-state index in [1.54, 1.807) is 0 Å². The largest absolute Gasteiger partial charge is 0.481 e. The average molecular weight is 247 g/mol. The van der Waals surface area contributed by atoms with Crippen LogP contribution in [0.25, 0.3) is 0 Å². The number of aliphatic carboxylic acids is 1. The summed E-state index contributed by atoms with van der Waals surface area (Å²) < 4.78 is 0. The van der Waals surface area contributed by atoms with Gasteiger partial charge in [-0.05, 0) is 38.3 Å². The average Bonchev–Trinajstić information content (AvgIpc) is 2.77. The first kappa shape index (κ1) is 13.1. The number of likely N-dealkylation sites (tertiary alicyclic amines) is 1. The summed E-state index contributed by atoms with van der Waals surface area (Å²) in [4.78, 5) is 13.0.